The van der Waals surface area contributed by atoms with Gasteiger partial charge in [-0.3, -0.25) is 4.79 Å². The van der Waals surface area contributed by atoms with Crippen LogP contribution in [0.1, 0.15) is 25.0 Å². The molecule has 0 aliphatic rings. The molecule has 3 heteroatoms. The monoisotopic (exact) mass is 216 g/mol. The van der Waals surface area contributed by atoms with Crippen LogP contribution in [-0.2, 0) is 11.3 Å². The molecule has 1 aromatic carbocycles. The first-order chi connectivity index (χ1) is 7.47. The van der Waals surface area contributed by atoms with Gasteiger partial charge >= 0.3 is 0 Å². The maximum Gasteiger partial charge on any atom is 0.240 e. The van der Waals surface area contributed by atoms with E-state index in [1.54, 1.807) is 13.8 Å². The van der Waals surface area contributed by atoms with Crippen molar-refractivity contribution in [3.8, 4) is 6.07 Å². The predicted molar refractivity (Wildman–Crippen MR) is 62.4 cm³/mol. The zero-order valence-corrected chi connectivity index (χ0v) is 9.87. The predicted octanol–water partition coefficient (Wildman–Crippen LogP) is 2.16. The average molecular weight is 216 g/mol. The molecule has 1 amide bonds. The van der Waals surface area contributed by atoms with Crippen molar-refractivity contribution >= 4 is 5.91 Å². The average Bonchev–Trinajstić information content (AvgIpc) is 2.27. The van der Waals surface area contributed by atoms with E-state index in [9.17, 15) is 4.79 Å². The van der Waals surface area contributed by atoms with Crippen LogP contribution in [0.15, 0.2) is 24.3 Å². The summed E-state index contributed by atoms with van der Waals surface area (Å²) in [6.07, 6.45) is 0. The molecule has 0 aromatic heterocycles. The van der Waals surface area contributed by atoms with E-state index in [0.717, 1.165) is 11.1 Å². The van der Waals surface area contributed by atoms with E-state index in [2.05, 4.69) is 5.32 Å². The normalized spacial score (nSPS) is 10.6. The van der Waals surface area contributed by atoms with Gasteiger partial charge in [-0.05, 0) is 31.9 Å². The highest BCUT2D eigenvalue weighted by Crippen LogP contribution is 2.13. The Balaban J connectivity index is 2.64. The zero-order chi connectivity index (χ0) is 12.2. The van der Waals surface area contributed by atoms with E-state index in [0.29, 0.717) is 6.54 Å². The second-order valence-electron chi connectivity index (χ2n) is 4.35. The lowest BCUT2D eigenvalue weighted by Gasteiger charge is -2.15. The largest absolute Gasteiger partial charge is 0.351 e. The van der Waals surface area contributed by atoms with Crippen LogP contribution >= 0.6 is 0 Å². The van der Waals surface area contributed by atoms with Crippen LogP contribution in [0.3, 0.4) is 0 Å². The molecule has 84 valence electrons. The van der Waals surface area contributed by atoms with Crippen molar-refractivity contribution in [1.29, 1.82) is 5.26 Å². The lowest BCUT2D eigenvalue weighted by atomic mass is 9.94. The van der Waals surface area contributed by atoms with Crippen LogP contribution in [-0.4, -0.2) is 5.91 Å². The number of carbonyl (C=O) groups excluding carboxylic acids is 1. The molecule has 0 atom stereocenters. The molecule has 0 fully saturated rings. The van der Waals surface area contributed by atoms with E-state index in [4.69, 9.17) is 5.26 Å². The highest BCUT2D eigenvalue weighted by atomic mass is 16.2. The summed E-state index contributed by atoms with van der Waals surface area (Å²) in [5.74, 6) is -0.238. The molecule has 0 radical (unpaired) electrons. The fraction of sp³-hybridized carbons (Fsp3) is 0.385. The maximum absolute atomic E-state index is 11.6. The van der Waals surface area contributed by atoms with E-state index >= 15 is 0 Å². The van der Waals surface area contributed by atoms with Gasteiger partial charge in [0.1, 0.15) is 5.41 Å². The Labute approximate surface area is 96.1 Å². The van der Waals surface area contributed by atoms with Gasteiger partial charge in [0.05, 0.1) is 6.07 Å². The number of aryl methyl sites for hydroxylation is 1. The summed E-state index contributed by atoms with van der Waals surface area (Å²) in [7, 11) is 0. The number of nitriles is 1. The van der Waals surface area contributed by atoms with E-state index in [-0.39, 0.29) is 5.91 Å². The molecule has 0 heterocycles. The Morgan fingerprint density at radius 1 is 1.44 bits per heavy atom. The van der Waals surface area contributed by atoms with Crippen molar-refractivity contribution in [2.75, 3.05) is 0 Å². The van der Waals surface area contributed by atoms with Gasteiger partial charge in [0.15, 0.2) is 0 Å². The summed E-state index contributed by atoms with van der Waals surface area (Å²) < 4.78 is 0. The van der Waals surface area contributed by atoms with Crippen molar-refractivity contribution in [3.63, 3.8) is 0 Å². The van der Waals surface area contributed by atoms with Crippen LogP contribution in [0.2, 0.25) is 0 Å². The molecule has 0 spiro atoms. The number of nitrogens with one attached hydrogen (secondary N) is 1. The Morgan fingerprint density at radius 3 is 2.62 bits per heavy atom. The zero-order valence-electron chi connectivity index (χ0n) is 9.87. The number of amides is 1. The van der Waals surface area contributed by atoms with Gasteiger partial charge in [-0.1, -0.05) is 24.3 Å². The Bertz CT molecular complexity index is 430. The first-order valence-electron chi connectivity index (χ1n) is 5.21. The smallest absolute Gasteiger partial charge is 0.240 e. The molecule has 0 saturated heterocycles. The molecule has 0 aliphatic carbocycles. The summed E-state index contributed by atoms with van der Waals surface area (Å²) in [6.45, 7) is 5.69. The standard InChI is InChI=1S/C13H16N2O/c1-10-6-4-5-7-11(10)8-15-12(16)13(2,3)9-14/h4-7H,8H2,1-3H3,(H,15,16). The molecule has 0 unspecified atom stereocenters. The number of hydrogen-bond donors (Lipinski definition) is 1. The fourth-order valence-electron chi connectivity index (χ4n) is 1.26. The van der Waals surface area contributed by atoms with E-state index in [1.165, 1.54) is 0 Å². The Kier molecular flexibility index (Phi) is 3.68. The molecule has 0 saturated carbocycles. The molecular weight excluding hydrogens is 200 g/mol. The molecule has 1 aromatic rings. The minimum absolute atomic E-state index is 0.238. The van der Waals surface area contributed by atoms with Crippen LogP contribution in [0.4, 0.5) is 0 Å². The van der Waals surface area contributed by atoms with E-state index < -0.39 is 5.41 Å². The molecular formula is C13H16N2O. The molecule has 0 bridgehead atoms. The first-order valence-corrected chi connectivity index (χ1v) is 5.21. The van der Waals surface area contributed by atoms with Crippen molar-refractivity contribution in [1.82, 2.24) is 5.32 Å². The second kappa shape index (κ2) is 4.80. The quantitative estimate of drug-likeness (QED) is 0.841. The first kappa shape index (κ1) is 12.3. The second-order valence-corrected chi connectivity index (χ2v) is 4.35. The van der Waals surface area contributed by atoms with Gasteiger partial charge in [0.2, 0.25) is 5.91 Å². The third kappa shape index (κ3) is 2.83. The van der Waals surface area contributed by atoms with Crippen molar-refractivity contribution in [3.05, 3.63) is 35.4 Å². The third-order valence-corrected chi connectivity index (χ3v) is 2.55. The van der Waals surface area contributed by atoms with Gasteiger partial charge in [0, 0.05) is 6.54 Å². The minimum Gasteiger partial charge on any atom is -0.351 e. The summed E-state index contributed by atoms with van der Waals surface area (Å²) in [4.78, 5) is 11.6. The van der Waals surface area contributed by atoms with Gasteiger partial charge in [0.25, 0.3) is 0 Å². The summed E-state index contributed by atoms with van der Waals surface area (Å²) in [5.41, 5.74) is 1.24. The minimum atomic E-state index is -0.970. The van der Waals surface area contributed by atoms with Crippen LogP contribution in [0, 0.1) is 23.7 Å². The molecule has 1 N–H and O–H groups in total. The van der Waals surface area contributed by atoms with Gasteiger partial charge in [-0.15, -0.1) is 0 Å². The third-order valence-electron chi connectivity index (χ3n) is 2.55. The molecule has 16 heavy (non-hydrogen) atoms. The van der Waals surface area contributed by atoms with E-state index in [1.807, 2.05) is 37.3 Å². The van der Waals surface area contributed by atoms with Crippen LogP contribution in [0.25, 0.3) is 0 Å². The van der Waals surface area contributed by atoms with Gasteiger partial charge in [-0.25, -0.2) is 0 Å². The highest BCUT2D eigenvalue weighted by Gasteiger charge is 2.26. The summed E-state index contributed by atoms with van der Waals surface area (Å²) >= 11 is 0. The lowest BCUT2D eigenvalue weighted by molar-refractivity contribution is -0.126. The van der Waals surface area contributed by atoms with Crippen LogP contribution in [0.5, 0.6) is 0 Å². The number of hydrogen-bond acceptors (Lipinski definition) is 2. The molecule has 3 nitrogen and oxygen atoms in total. The maximum atomic E-state index is 11.6. The summed E-state index contributed by atoms with van der Waals surface area (Å²) in [6, 6.07) is 9.84. The summed E-state index contributed by atoms with van der Waals surface area (Å²) in [5, 5.41) is 11.6. The Morgan fingerprint density at radius 2 is 2.06 bits per heavy atom. The number of carbonyl (C=O) groups is 1. The molecule has 0 aliphatic heterocycles. The topological polar surface area (TPSA) is 52.9 Å². The number of rotatable bonds is 3. The number of benzene rings is 1. The SMILES string of the molecule is Cc1ccccc1CNC(=O)C(C)(C)C#N. The van der Waals surface area contributed by atoms with Crippen molar-refractivity contribution < 1.29 is 4.79 Å². The van der Waals surface area contributed by atoms with Crippen molar-refractivity contribution in [2.24, 2.45) is 5.41 Å². The fourth-order valence-corrected chi connectivity index (χ4v) is 1.26. The molecule has 1 rings (SSSR count). The number of nitrogens with zero attached hydrogens (tertiary/aromatic N) is 1. The van der Waals surface area contributed by atoms with Crippen LogP contribution < -0.4 is 5.32 Å². The lowest BCUT2D eigenvalue weighted by Crippen LogP contribution is -2.35. The Hall–Kier alpha value is -1.82. The van der Waals surface area contributed by atoms with Crippen molar-refractivity contribution in [2.45, 2.75) is 27.3 Å². The van der Waals surface area contributed by atoms with Gasteiger partial charge < -0.3 is 5.32 Å². The van der Waals surface area contributed by atoms with Gasteiger partial charge in [-0.2, -0.15) is 5.26 Å². The highest BCUT2D eigenvalue weighted by molar-refractivity contribution is 5.84.